The van der Waals surface area contributed by atoms with E-state index in [-0.39, 0.29) is 5.78 Å². The molecule has 0 aromatic carbocycles. The first-order chi connectivity index (χ1) is 8.31. The Morgan fingerprint density at radius 2 is 2.53 bits per heavy atom. The Balaban J connectivity index is 1.87. The van der Waals surface area contributed by atoms with Crippen molar-refractivity contribution in [3.8, 4) is 0 Å². The maximum Gasteiger partial charge on any atom is 0.180 e. The van der Waals surface area contributed by atoms with E-state index in [1.54, 1.807) is 6.20 Å². The van der Waals surface area contributed by atoms with E-state index in [0.29, 0.717) is 12.3 Å². The molecule has 1 aliphatic rings. The zero-order valence-electron chi connectivity index (χ0n) is 10.5. The fourth-order valence-electron chi connectivity index (χ4n) is 2.38. The van der Waals surface area contributed by atoms with Crippen LogP contribution in [0.15, 0.2) is 12.3 Å². The van der Waals surface area contributed by atoms with Crippen molar-refractivity contribution >= 4 is 5.78 Å². The van der Waals surface area contributed by atoms with E-state index >= 15 is 0 Å². The molecule has 1 fully saturated rings. The number of hydrogen-bond donors (Lipinski definition) is 1. The minimum absolute atomic E-state index is 0.239. The Bertz CT molecular complexity index is 366. The molecule has 17 heavy (non-hydrogen) atoms. The minimum Gasteiger partial charge on any atom is -0.316 e. The highest BCUT2D eigenvalue weighted by atomic mass is 16.1. The van der Waals surface area contributed by atoms with E-state index in [2.05, 4.69) is 17.3 Å². The Morgan fingerprint density at radius 3 is 3.24 bits per heavy atom. The fourth-order valence-corrected chi connectivity index (χ4v) is 2.38. The number of ketones is 1. The summed E-state index contributed by atoms with van der Waals surface area (Å²) >= 11 is 0. The van der Waals surface area contributed by atoms with Crippen molar-refractivity contribution in [2.75, 3.05) is 13.1 Å². The third kappa shape index (κ3) is 3.16. The second kappa shape index (κ2) is 5.96. The van der Waals surface area contributed by atoms with Crippen molar-refractivity contribution in [1.29, 1.82) is 0 Å². The number of rotatable bonds is 6. The molecule has 1 unspecified atom stereocenters. The standard InChI is InChI=1S/C13H21N3O/c1-2-9-16-12(6-8-15-16)13(17)4-3-11-5-7-14-10-11/h6,8,11,14H,2-5,7,9-10H2,1H3. The molecule has 1 aromatic heterocycles. The van der Waals surface area contributed by atoms with Crippen LogP contribution in [0.4, 0.5) is 0 Å². The number of aromatic nitrogens is 2. The Kier molecular flexibility index (Phi) is 4.31. The second-order valence-electron chi connectivity index (χ2n) is 4.76. The van der Waals surface area contributed by atoms with Gasteiger partial charge in [-0.15, -0.1) is 0 Å². The third-order valence-corrected chi connectivity index (χ3v) is 3.38. The van der Waals surface area contributed by atoms with Crippen molar-refractivity contribution < 1.29 is 4.79 Å². The van der Waals surface area contributed by atoms with Crippen molar-refractivity contribution in [1.82, 2.24) is 15.1 Å². The molecule has 1 saturated heterocycles. The number of Topliss-reactive ketones (excluding diaryl/α,β-unsaturated/α-hetero) is 1. The molecule has 0 aliphatic carbocycles. The number of carbonyl (C=O) groups is 1. The van der Waals surface area contributed by atoms with E-state index < -0.39 is 0 Å². The molecule has 0 bridgehead atoms. The lowest BCUT2D eigenvalue weighted by molar-refractivity contribution is 0.0964. The Hall–Kier alpha value is -1.16. The number of aryl methyl sites for hydroxylation is 1. The smallest absolute Gasteiger partial charge is 0.180 e. The summed E-state index contributed by atoms with van der Waals surface area (Å²) in [7, 11) is 0. The van der Waals surface area contributed by atoms with Crippen molar-refractivity contribution in [2.24, 2.45) is 5.92 Å². The minimum atomic E-state index is 0.239. The summed E-state index contributed by atoms with van der Waals surface area (Å²) in [4.78, 5) is 12.1. The van der Waals surface area contributed by atoms with Gasteiger partial charge in [0.05, 0.1) is 0 Å². The van der Waals surface area contributed by atoms with Gasteiger partial charge in [0.25, 0.3) is 0 Å². The van der Waals surface area contributed by atoms with Crippen LogP contribution < -0.4 is 5.32 Å². The van der Waals surface area contributed by atoms with Crippen molar-refractivity contribution in [2.45, 2.75) is 39.2 Å². The molecular formula is C13H21N3O. The zero-order chi connectivity index (χ0) is 12.1. The monoisotopic (exact) mass is 235 g/mol. The number of hydrogen-bond acceptors (Lipinski definition) is 3. The van der Waals surface area contributed by atoms with Crippen LogP contribution in [0.5, 0.6) is 0 Å². The van der Waals surface area contributed by atoms with E-state index in [1.165, 1.54) is 6.42 Å². The average molecular weight is 235 g/mol. The molecule has 0 amide bonds. The maximum absolute atomic E-state index is 12.1. The quantitative estimate of drug-likeness (QED) is 0.766. The average Bonchev–Trinajstić information content (AvgIpc) is 2.97. The molecule has 4 heteroatoms. The summed E-state index contributed by atoms with van der Waals surface area (Å²) in [6.45, 7) is 5.10. The van der Waals surface area contributed by atoms with Crippen molar-refractivity contribution in [3.05, 3.63) is 18.0 Å². The van der Waals surface area contributed by atoms with Crippen LogP contribution >= 0.6 is 0 Å². The Morgan fingerprint density at radius 1 is 1.65 bits per heavy atom. The molecule has 0 saturated carbocycles. The van der Waals surface area contributed by atoms with Gasteiger partial charge in [-0.2, -0.15) is 5.10 Å². The number of carbonyl (C=O) groups excluding carboxylic acids is 1. The molecule has 1 aromatic rings. The molecular weight excluding hydrogens is 214 g/mol. The lowest BCUT2D eigenvalue weighted by Crippen LogP contribution is -2.13. The summed E-state index contributed by atoms with van der Waals surface area (Å²) in [5.74, 6) is 0.921. The predicted molar refractivity (Wildman–Crippen MR) is 67.1 cm³/mol. The third-order valence-electron chi connectivity index (χ3n) is 3.38. The van der Waals surface area contributed by atoms with Crippen LogP contribution in [0.2, 0.25) is 0 Å². The predicted octanol–water partition coefficient (Wildman–Crippen LogP) is 1.87. The van der Waals surface area contributed by atoms with Crippen LogP contribution in [0.1, 0.15) is 43.1 Å². The highest BCUT2D eigenvalue weighted by Crippen LogP contribution is 2.16. The molecule has 0 radical (unpaired) electrons. The van der Waals surface area contributed by atoms with Gasteiger partial charge >= 0.3 is 0 Å². The van der Waals surface area contributed by atoms with Crippen molar-refractivity contribution in [3.63, 3.8) is 0 Å². The van der Waals surface area contributed by atoms with Crippen LogP contribution in [0.25, 0.3) is 0 Å². The topological polar surface area (TPSA) is 46.9 Å². The van der Waals surface area contributed by atoms with Crippen LogP contribution in [-0.2, 0) is 6.54 Å². The van der Waals surface area contributed by atoms with Gasteiger partial charge in [-0.1, -0.05) is 6.92 Å². The van der Waals surface area contributed by atoms with Crippen LogP contribution in [-0.4, -0.2) is 28.7 Å². The summed E-state index contributed by atoms with van der Waals surface area (Å²) in [6.07, 6.45) is 5.60. The SMILES string of the molecule is CCCn1nccc1C(=O)CCC1CCNC1. The molecule has 0 spiro atoms. The van der Waals surface area contributed by atoms with Gasteiger partial charge in [0.1, 0.15) is 5.69 Å². The molecule has 1 atom stereocenters. The zero-order valence-corrected chi connectivity index (χ0v) is 10.5. The highest BCUT2D eigenvalue weighted by Gasteiger charge is 2.17. The van der Waals surface area contributed by atoms with Gasteiger partial charge in [0, 0.05) is 19.2 Å². The largest absolute Gasteiger partial charge is 0.316 e. The summed E-state index contributed by atoms with van der Waals surface area (Å²) in [6, 6.07) is 1.84. The molecule has 2 heterocycles. The van der Waals surface area contributed by atoms with Crippen LogP contribution in [0.3, 0.4) is 0 Å². The molecule has 1 N–H and O–H groups in total. The van der Waals surface area contributed by atoms with Gasteiger partial charge < -0.3 is 5.32 Å². The lowest BCUT2D eigenvalue weighted by Gasteiger charge is -2.08. The fraction of sp³-hybridized carbons (Fsp3) is 0.692. The maximum atomic E-state index is 12.1. The second-order valence-corrected chi connectivity index (χ2v) is 4.76. The lowest BCUT2D eigenvalue weighted by atomic mass is 10.00. The number of nitrogens with zero attached hydrogens (tertiary/aromatic N) is 2. The van der Waals surface area contributed by atoms with E-state index in [0.717, 1.165) is 38.2 Å². The van der Waals surface area contributed by atoms with Crippen LogP contribution in [0, 0.1) is 5.92 Å². The van der Waals surface area contributed by atoms with Gasteiger partial charge in [0.15, 0.2) is 5.78 Å². The summed E-state index contributed by atoms with van der Waals surface area (Å²) in [5.41, 5.74) is 0.776. The molecule has 4 nitrogen and oxygen atoms in total. The van der Waals surface area contributed by atoms with Gasteiger partial charge in [-0.25, -0.2) is 0 Å². The molecule has 1 aliphatic heterocycles. The van der Waals surface area contributed by atoms with E-state index in [1.807, 2.05) is 10.7 Å². The Labute approximate surface area is 102 Å². The first-order valence-electron chi connectivity index (χ1n) is 6.57. The highest BCUT2D eigenvalue weighted by molar-refractivity contribution is 5.94. The van der Waals surface area contributed by atoms with E-state index in [9.17, 15) is 4.79 Å². The van der Waals surface area contributed by atoms with Gasteiger partial charge in [-0.05, 0) is 44.3 Å². The summed E-state index contributed by atoms with van der Waals surface area (Å²) < 4.78 is 1.83. The normalized spacial score (nSPS) is 19.7. The molecule has 94 valence electrons. The first-order valence-corrected chi connectivity index (χ1v) is 6.57. The van der Waals surface area contributed by atoms with Gasteiger partial charge in [0.2, 0.25) is 0 Å². The van der Waals surface area contributed by atoms with Gasteiger partial charge in [-0.3, -0.25) is 9.48 Å². The first kappa shape index (κ1) is 12.3. The number of nitrogens with one attached hydrogen (secondary N) is 1. The van der Waals surface area contributed by atoms with E-state index in [4.69, 9.17) is 0 Å². The summed E-state index contributed by atoms with van der Waals surface area (Å²) in [5, 5.41) is 7.52. The molecule has 2 rings (SSSR count).